The van der Waals surface area contributed by atoms with Gasteiger partial charge in [-0.1, -0.05) is 0 Å². The van der Waals surface area contributed by atoms with E-state index in [1.807, 2.05) is 20.8 Å². The quantitative estimate of drug-likeness (QED) is 0.397. The van der Waals surface area contributed by atoms with Gasteiger partial charge in [0, 0.05) is 13.1 Å². The van der Waals surface area contributed by atoms with Gasteiger partial charge in [-0.05, 0) is 33.6 Å². The molecule has 0 bridgehead atoms. The lowest BCUT2D eigenvalue weighted by Crippen LogP contribution is -2.43. The Morgan fingerprint density at radius 2 is 1.28 bits per heavy atom. The Labute approximate surface area is 174 Å². The average molecular weight is 422 g/mol. The van der Waals surface area contributed by atoms with E-state index in [-0.39, 0.29) is 18.8 Å². The molecule has 1 N–H and O–H groups in total. The van der Waals surface area contributed by atoms with Gasteiger partial charge in [0.2, 0.25) is 0 Å². The molecule has 0 spiro atoms. The highest BCUT2D eigenvalue weighted by Crippen LogP contribution is 2.17. The number of amides is 1. The van der Waals surface area contributed by atoms with Crippen molar-refractivity contribution in [2.45, 2.75) is 45.3 Å². The molecule has 9 heteroatoms. The average Bonchev–Trinajstić information content (AvgIpc) is 2.67. The molecule has 1 fully saturated rings. The van der Waals surface area contributed by atoms with Gasteiger partial charge < -0.3 is 38.4 Å². The summed E-state index contributed by atoms with van der Waals surface area (Å²) in [7, 11) is 0. The lowest BCUT2D eigenvalue weighted by atomic mass is 10.1. The van der Waals surface area contributed by atoms with E-state index in [1.54, 1.807) is 4.90 Å². The van der Waals surface area contributed by atoms with Crippen molar-refractivity contribution in [3.05, 3.63) is 0 Å². The van der Waals surface area contributed by atoms with Crippen molar-refractivity contribution in [3.63, 3.8) is 0 Å². The largest absolute Gasteiger partial charge is 0.444 e. The summed E-state index contributed by atoms with van der Waals surface area (Å²) in [6.07, 6.45) is 1.53. The molecule has 0 aromatic carbocycles. The van der Waals surface area contributed by atoms with Crippen LogP contribution in [0, 0.1) is 0 Å². The van der Waals surface area contributed by atoms with E-state index in [4.69, 9.17) is 33.5 Å². The third-order valence-electron chi connectivity index (χ3n) is 4.03. The Bertz CT molecular complexity index is 408. The minimum absolute atomic E-state index is 0.0293. The predicted molar refractivity (Wildman–Crippen MR) is 107 cm³/mol. The van der Waals surface area contributed by atoms with Crippen molar-refractivity contribution in [3.8, 4) is 0 Å². The van der Waals surface area contributed by atoms with Gasteiger partial charge >= 0.3 is 6.09 Å². The summed E-state index contributed by atoms with van der Waals surface area (Å²) in [5.74, 6) is 0. The number of ether oxygens (including phenoxy) is 6. The topological polar surface area (TPSA) is 95.9 Å². The number of aliphatic hydroxyl groups excluding tert-OH is 1. The van der Waals surface area contributed by atoms with Crippen LogP contribution >= 0.6 is 0 Å². The summed E-state index contributed by atoms with van der Waals surface area (Å²) in [6.45, 7) is 11.4. The first-order chi connectivity index (χ1) is 13.9. The maximum absolute atomic E-state index is 12.0. The minimum atomic E-state index is -0.464. The van der Waals surface area contributed by atoms with Crippen molar-refractivity contribution in [2.75, 3.05) is 79.2 Å². The van der Waals surface area contributed by atoms with Crippen molar-refractivity contribution in [1.82, 2.24) is 4.90 Å². The summed E-state index contributed by atoms with van der Waals surface area (Å²) < 4.78 is 32.5. The first-order valence-corrected chi connectivity index (χ1v) is 10.4. The highest BCUT2D eigenvalue weighted by atomic mass is 16.6. The normalized spacial score (nSPS) is 15.7. The van der Waals surface area contributed by atoms with Gasteiger partial charge in [-0.2, -0.15) is 0 Å². The summed E-state index contributed by atoms with van der Waals surface area (Å²) in [5.41, 5.74) is -0.464. The van der Waals surface area contributed by atoms with Crippen LogP contribution in [0.25, 0.3) is 0 Å². The molecule has 0 radical (unpaired) electrons. The lowest BCUT2D eigenvalue weighted by Gasteiger charge is -2.33. The van der Waals surface area contributed by atoms with E-state index in [9.17, 15) is 4.79 Å². The Morgan fingerprint density at radius 1 is 0.828 bits per heavy atom. The van der Waals surface area contributed by atoms with Gasteiger partial charge in [0.25, 0.3) is 0 Å². The van der Waals surface area contributed by atoms with Gasteiger partial charge in [-0.25, -0.2) is 4.79 Å². The molecule has 1 aliphatic heterocycles. The number of rotatable bonds is 15. The van der Waals surface area contributed by atoms with Crippen LogP contribution in [0.4, 0.5) is 4.79 Å². The number of piperidine rings is 1. The molecule has 0 unspecified atom stereocenters. The smallest absolute Gasteiger partial charge is 0.410 e. The fourth-order valence-corrected chi connectivity index (χ4v) is 2.63. The molecule has 9 nitrogen and oxygen atoms in total. The Morgan fingerprint density at radius 3 is 1.72 bits per heavy atom. The van der Waals surface area contributed by atoms with Crippen molar-refractivity contribution in [2.24, 2.45) is 0 Å². The number of carbonyl (C=O) groups excluding carboxylic acids is 1. The zero-order valence-electron chi connectivity index (χ0n) is 18.2. The molecule has 29 heavy (non-hydrogen) atoms. The summed E-state index contributed by atoms with van der Waals surface area (Å²) in [5, 5.41) is 8.55. The first-order valence-electron chi connectivity index (χ1n) is 10.4. The zero-order valence-corrected chi connectivity index (χ0v) is 18.2. The number of nitrogens with zero attached hydrogens (tertiary/aromatic N) is 1. The monoisotopic (exact) mass is 421 g/mol. The minimum Gasteiger partial charge on any atom is -0.444 e. The molecule has 0 aromatic rings. The van der Waals surface area contributed by atoms with E-state index in [1.165, 1.54) is 0 Å². The molecular weight excluding hydrogens is 382 g/mol. The van der Waals surface area contributed by atoms with Crippen LogP contribution in [0.1, 0.15) is 33.6 Å². The molecule has 1 saturated heterocycles. The second-order valence-electron chi connectivity index (χ2n) is 7.71. The third-order valence-corrected chi connectivity index (χ3v) is 4.03. The van der Waals surface area contributed by atoms with Crippen LogP contribution in [-0.4, -0.2) is 107 Å². The SMILES string of the molecule is CC(C)(C)OC(=O)N1CCC(OCCOCCOCCOCCOCCO)CC1. The van der Waals surface area contributed by atoms with Crippen molar-refractivity contribution < 1.29 is 38.3 Å². The lowest BCUT2D eigenvalue weighted by molar-refractivity contribution is -0.0395. The van der Waals surface area contributed by atoms with Crippen molar-refractivity contribution in [1.29, 1.82) is 0 Å². The molecule has 1 aliphatic rings. The molecule has 1 rings (SSSR count). The van der Waals surface area contributed by atoms with E-state index in [2.05, 4.69) is 0 Å². The number of likely N-dealkylation sites (tertiary alicyclic amines) is 1. The van der Waals surface area contributed by atoms with Crippen molar-refractivity contribution >= 4 is 6.09 Å². The van der Waals surface area contributed by atoms with E-state index in [0.717, 1.165) is 12.8 Å². The van der Waals surface area contributed by atoms with E-state index in [0.29, 0.717) is 72.6 Å². The first kappa shape index (κ1) is 26.1. The van der Waals surface area contributed by atoms with Gasteiger partial charge in [-0.15, -0.1) is 0 Å². The van der Waals surface area contributed by atoms with Gasteiger partial charge in [-0.3, -0.25) is 0 Å². The molecule has 172 valence electrons. The zero-order chi connectivity index (χ0) is 21.4. The van der Waals surface area contributed by atoms with Crippen LogP contribution in [0.5, 0.6) is 0 Å². The predicted octanol–water partition coefficient (Wildman–Crippen LogP) is 1.46. The number of carbonyl (C=O) groups is 1. The molecule has 0 saturated carbocycles. The van der Waals surface area contributed by atoms with Crippen LogP contribution in [0.15, 0.2) is 0 Å². The summed E-state index contributed by atoms with van der Waals surface area (Å²) in [4.78, 5) is 13.8. The molecule has 0 atom stereocenters. The molecule has 0 aromatic heterocycles. The van der Waals surface area contributed by atoms with E-state index >= 15 is 0 Å². The summed E-state index contributed by atoms with van der Waals surface area (Å²) >= 11 is 0. The van der Waals surface area contributed by atoms with Gasteiger partial charge in [0.1, 0.15) is 5.60 Å². The second kappa shape index (κ2) is 15.8. The third kappa shape index (κ3) is 14.6. The maximum Gasteiger partial charge on any atom is 0.410 e. The van der Waals surface area contributed by atoms with Crippen LogP contribution in [-0.2, 0) is 28.4 Å². The van der Waals surface area contributed by atoms with Gasteiger partial charge in [0.15, 0.2) is 0 Å². The number of hydrogen-bond donors (Lipinski definition) is 1. The molecule has 0 aliphatic carbocycles. The van der Waals surface area contributed by atoms with E-state index < -0.39 is 5.60 Å². The Balaban J connectivity index is 1.86. The van der Waals surface area contributed by atoms with Crippen LogP contribution in [0.3, 0.4) is 0 Å². The maximum atomic E-state index is 12.0. The highest BCUT2D eigenvalue weighted by Gasteiger charge is 2.27. The van der Waals surface area contributed by atoms with Crippen LogP contribution < -0.4 is 0 Å². The Hall–Kier alpha value is -0.970. The Kier molecular flexibility index (Phi) is 14.2. The fraction of sp³-hybridized carbons (Fsp3) is 0.950. The highest BCUT2D eigenvalue weighted by molar-refractivity contribution is 5.68. The fourth-order valence-electron chi connectivity index (χ4n) is 2.63. The second-order valence-corrected chi connectivity index (χ2v) is 7.71. The molecule has 1 amide bonds. The molecule has 1 heterocycles. The number of hydrogen-bond acceptors (Lipinski definition) is 8. The van der Waals surface area contributed by atoms with Crippen LogP contribution in [0.2, 0.25) is 0 Å². The number of aliphatic hydroxyl groups is 1. The standard InChI is InChI=1S/C20H39NO8/c1-20(2,3)29-19(23)21-6-4-18(5-7-21)28-17-16-27-15-14-26-13-12-25-11-10-24-9-8-22/h18,22H,4-17H2,1-3H3. The summed E-state index contributed by atoms with van der Waals surface area (Å²) in [6, 6.07) is 0. The molecular formula is C20H39NO8. The van der Waals surface area contributed by atoms with Gasteiger partial charge in [0.05, 0.1) is 72.2 Å².